The molecule has 2 aromatic rings. The van der Waals surface area contributed by atoms with Gasteiger partial charge in [-0.3, -0.25) is 0 Å². The molecule has 0 unspecified atom stereocenters. The lowest BCUT2D eigenvalue weighted by atomic mass is 10.1. The molecule has 3 heteroatoms. The molecule has 0 aliphatic heterocycles. The van der Waals surface area contributed by atoms with Crippen molar-refractivity contribution in [2.75, 3.05) is 6.54 Å². The lowest BCUT2D eigenvalue weighted by molar-refractivity contribution is 0.437. The Kier molecular flexibility index (Phi) is 4.17. The molecule has 2 rings (SSSR count). The van der Waals surface area contributed by atoms with E-state index in [0.717, 1.165) is 17.5 Å². The van der Waals surface area contributed by atoms with Crippen LogP contribution in [0.2, 0.25) is 0 Å². The van der Waals surface area contributed by atoms with E-state index in [1.807, 2.05) is 25.1 Å². The van der Waals surface area contributed by atoms with E-state index in [4.69, 9.17) is 10.5 Å². The molecule has 0 atom stereocenters. The molecular weight excluding hydrogens is 241 g/mol. The molecular formula is C16H18FNO. The number of ether oxygens (including phenoxy) is 1. The Morgan fingerprint density at radius 2 is 1.84 bits per heavy atom. The Morgan fingerprint density at radius 3 is 2.58 bits per heavy atom. The molecule has 100 valence electrons. The molecule has 0 fully saturated rings. The second-order valence-electron chi connectivity index (χ2n) is 4.63. The molecule has 0 saturated heterocycles. The van der Waals surface area contributed by atoms with Crippen molar-refractivity contribution < 1.29 is 9.13 Å². The van der Waals surface area contributed by atoms with E-state index in [-0.39, 0.29) is 11.6 Å². The molecule has 0 amide bonds. The molecule has 2 N–H and O–H groups in total. The summed E-state index contributed by atoms with van der Waals surface area (Å²) in [5.41, 5.74) is 8.19. The Balaban J connectivity index is 2.32. The van der Waals surface area contributed by atoms with Gasteiger partial charge in [-0.2, -0.15) is 0 Å². The minimum atomic E-state index is -0.314. The predicted octanol–water partition coefficient (Wildman–Crippen LogP) is 3.74. The lowest BCUT2D eigenvalue weighted by Gasteiger charge is -2.12. The fourth-order valence-electron chi connectivity index (χ4n) is 1.89. The summed E-state index contributed by atoms with van der Waals surface area (Å²) in [5.74, 6) is 0.620. The van der Waals surface area contributed by atoms with Gasteiger partial charge in [0, 0.05) is 0 Å². The molecule has 0 spiro atoms. The molecule has 0 radical (unpaired) electrons. The molecule has 0 aliphatic carbocycles. The zero-order chi connectivity index (χ0) is 13.8. The van der Waals surface area contributed by atoms with E-state index in [0.29, 0.717) is 17.9 Å². The first-order chi connectivity index (χ1) is 9.11. The van der Waals surface area contributed by atoms with Gasteiger partial charge in [0.15, 0.2) is 11.6 Å². The highest BCUT2D eigenvalue weighted by molar-refractivity contribution is 5.41. The van der Waals surface area contributed by atoms with E-state index in [1.54, 1.807) is 25.1 Å². The van der Waals surface area contributed by atoms with Crippen molar-refractivity contribution in [2.24, 2.45) is 5.73 Å². The lowest BCUT2D eigenvalue weighted by Crippen LogP contribution is -2.03. The second-order valence-corrected chi connectivity index (χ2v) is 4.63. The van der Waals surface area contributed by atoms with Gasteiger partial charge in [-0.1, -0.05) is 24.3 Å². The third-order valence-corrected chi connectivity index (χ3v) is 3.06. The van der Waals surface area contributed by atoms with Crippen LogP contribution in [0.1, 0.15) is 16.7 Å². The Hall–Kier alpha value is -1.87. The van der Waals surface area contributed by atoms with Crippen LogP contribution in [0.3, 0.4) is 0 Å². The van der Waals surface area contributed by atoms with E-state index in [1.165, 1.54) is 0 Å². The van der Waals surface area contributed by atoms with Gasteiger partial charge in [0.05, 0.1) is 0 Å². The van der Waals surface area contributed by atoms with E-state index < -0.39 is 0 Å². The van der Waals surface area contributed by atoms with Crippen molar-refractivity contribution in [1.82, 2.24) is 0 Å². The van der Waals surface area contributed by atoms with E-state index in [2.05, 4.69) is 0 Å². The van der Waals surface area contributed by atoms with Crippen LogP contribution < -0.4 is 10.5 Å². The number of halogens is 1. The zero-order valence-corrected chi connectivity index (χ0v) is 11.2. The quantitative estimate of drug-likeness (QED) is 0.907. The van der Waals surface area contributed by atoms with Gasteiger partial charge < -0.3 is 10.5 Å². The Morgan fingerprint density at radius 1 is 1.05 bits per heavy atom. The fourth-order valence-corrected chi connectivity index (χ4v) is 1.89. The van der Waals surface area contributed by atoms with Gasteiger partial charge in [0.2, 0.25) is 0 Å². The number of rotatable bonds is 4. The average molecular weight is 259 g/mol. The third-order valence-electron chi connectivity index (χ3n) is 3.06. The monoisotopic (exact) mass is 259 g/mol. The van der Waals surface area contributed by atoms with Crippen LogP contribution in [0.5, 0.6) is 11.5 Å². The number of hydrogen-bond donors (Lipinski definition) is 1. The highest BCUT2D eigenvalue weighted by Crippen LogP contribution is 2.29. The highest BCUT2D eigenvalue weighted by Gasteiger charge is 2.09. The van der Waals surface area contributed by atoms with Gasteiger partial charge in [0.25, 0.3) is 0 Å². The first kappa shape index (κ1) is 13.6. The smallest absolute Gasteiger partial charge is 0.168 e. The molecule has 0 aliphatic rings. The second kappa shape index (κ2) is 5.85. The number of benzene rings is 2. The van der Waals surface area contributed by atoms with Crippen molar-refractivity contribution >= 4 is 0 Å². The maximum atomic E-state index is 13.9. The van der Waals surface area contributed by atoms with Crippen molar-refractivity contribution in [1.29, 1.82) is 0 Å². The van der Waals surface area contributed by atoms with Gasteiger partial charge >= 0.3 is 0 Å². The first-order valence-corrected chi connectivity index (χ1v) is 6.34. The fraction of sp³-hybridized carbons (Fsp3) is 0.250. The van der Waals surface area contributed by atoms with Crippen LogP contribution in [0.4, 0.5) is 4.39 Å². The normalized spacial score (nSPS) is 10.5. The summed E-state index contributed by atoms with van der Waals surface area (Å²) in [6, 6.07) is 11.0. The summed E-state index contributed by atoms with van der Waals surface area (Å²) >= 11 is 0. The summed E-state index contributed by atoms with van der Waals surface area (Å²) in [6.45, 7) is 4.25. The van der Waals surface area contributed by atoms with Crippen molar-refractivity contribution in [3.05, 3.63) is 58.9 Å². The van der Waals surface area contributed by atoms with Crippen LogP contribution in [0.25, 0.3) is 0 Å². The predicted molar refractivity (Wildman–Crippen MR) is 75.1 cm³/mol. The number of hydrogen-bond acceptors (Lipinski definition) is 2. The maximum absolute atomic E-state index is 13.9. The standard InChI is InChI=1S/C16H18FNO/c1-11-6-7-13(8-9-18)10-15(11)19-14-5-3-4-12(2)16(14)17/h3-7,10H,8-9,18H2,1-2H3. The van der Waals surface area contributed by atoms with Gasteiger partial charge in [0.1, 0.15) is 5.75 Å². The molecule has 0 heterocycles. The largest absolute Gasteiger partial charge is 0.454 e. The topological polar surface area (TPSA) is 35.2 Å². The molecule has 0 saturated carbocycles. The van der Waals surface area contributed by atoms with Gasteiger partial charge in [-0.15, -0.1) is 0 Å². The van der Waals surface area contributed by atoms with E-state index >= 15 is 0 Å². The molecule has 0 aromatic heterocycles. The zero-order valence-electron chi connectivity index (χ0n) is 11.2. The summed E-state index contributed by atoms with van der Waals surface area (Å²) in [7, 11) is 0. The number of aryl methyl sites for hydroxylation is 2. The van der Waals surface area contributed by atoms with Crippen LogP contribution >= 0.6 is 0 Å². The Bertz CT molecular complexity index is 581. The summed E-state index contributed by atoms with van der Waals surface area (Å²) in [6.07, 6.45) is 0.785. The van der Waals surface area contributed by atoms with E-state index in [9.17, 15) is 4.39 Å². The third kappa shape index (κ3) is 3.12. The summed E-state index contributed by atoms with van der Waals surface area (Å²) in [5, 5.41) is 0. The van der Waals surface area contributed by atoms with Crippen molar-refractivity contribution in [2.45, 2.75) is 20.3 Å². The minimum absolute atomic E-state index is 0.257. The van der Waals surface area contributed by atoms with Crippen LogP contribution in [-0.4, -0.2) is 6.54 Å². The van der Waals surface area contributed by atoms with Gasteiger partial charge in [-0.25, -0.2) is 4.39 Å². The van der Waals surface area contributed by atoms with Gasteiger partial charge in [-0.05, 0) is 55.6 Å². The summed E-state index contributed by atoms with van der Waals surface area (Å²) < 4.78 is 19.6. The molecule has 2 aromatic carbocycles. The summed E-state index contributed by atoms with van der Waals surface area (Å²) in [4.78, 5) is 0. The molecule has 2 nitrogen and oxygen atoms in total. The van der Waals surface area contributed by atoms with Crippen molar-refractivity contribution in [3.63, 3.8) is 0 Å². The maximum Gasteiger partial charge on any atom is 0.168 e. The highest BCUT2D eigenvalue weighted by atomic mass is 19.1. The van der Waals surface area contributed by atoms with Crippen LogP contribution in [0.15, 0.2) is 36.4 Å². The molecule has 19 heavy (non-hydrogen) atoms. The molecule has 0 bridgehead atoms. The van der Waals surface area contributed by atoms with Crippen molar-refractivity contribution in [3.8, 4) is 11.5 Å². The number of nitrogens with two attached hydrogens (primary N) is 1. The average Bonchev–Trinajstić information content (AvgIpc) is 2.39. The first-order valence-electron chi connectivity index (χ1n) is 6.34. The Labute approximate surface area is 113 Å². The van der Waals surface area contributed by atoms with Crippen LogP contribution in [0, 0.1) is 19.7 Å². The van der Waals surface area contributed by atoms with Crippen LogP contribution in [-0.2, 0) is 6.42 Å². The SMILES string of the molecule is Cc1ccc(CCN)cc1Oc1cccc(C)c1F. The minimum Gasteiger partial charge on any atom is -0.454 e.